The molecule has 2 aromatic rings. The van der Waals surface area contributed by atoms with Gasteiger partial charge in [-0.1, -0.05) is 24.3 Å². The van der Waals surface area contributed by atoms with Crippen LogP contribution in [0.15, 0.2) is 58.8 Å². The molecule has 0 heterocycles. The van der Waals surface area contributed by atoms with Crippen LogP contribution in [0.25, 0.3) is 0 Å². The molecular weight excluding hydrogens is 320 g/mol. The number of phenols is 1. The monoisotopic (exact) mass is 336 g/mol. The van der Waals surface area contributed by atoms with E-state index in [9.17, 15) is 13.5 Å². The van der Waals surface area contributed by atoms with Gasteiger partial charge in [0.2, 0.25) is 0 Å². The Labute approximate surface area is 134 Å². The second-order valence-corrected chi connectivity index (χ2v) is 6.22. The van der Waals surface area contributed by atoms with E-state index in [0.717, 1.165) is 0 Å². The first-order valence-corrected chi connectivity index (χ1v) is 8.43. The molecule has 7 nitrogen and oxygen atoms in total. The van der Waals surface area contributed by atoms with Crippen LogP contribution in [-0.4, -0.2) is 30.4 Å². The summed E-state index contributed by atoms with van der Waals surface area (Å²) in [6.07, 6.45) is 0.115. The molecule has 0 aliphatic rings. The van der Waals surface area contributed by atoms with E-state index in [1.165, 1.54) is 6.07 Å². The van der Waals surface area contributed by atoms with Crippen molar-refractivity contribution in [1.29, 1.82) is 0 Å². The van der Waals surface area contributed by atoms with E-state index in [-0.39, 0.29) is 30.2 Å². The molecule has 23 heavy (non-hydrogen) atoms. The van der Waals surface area contributed by atoms with E-state index in [2.05, 4.69) is 10.2 Å². The summed E-state index contributed by atoms with van der Waals surface area (Å²) in [7, 11) is -4.01. The first-order valence-electron chi connectivity index (χ1n) is 6.82. The van der Waals surface area contributed by atoms with Crippen molar-refractivity contribution in [3.05, 3.63) is 48.5 Å². The molecule has 0 unspecified atom stereocenters. The fourth-order valence-electron chi connectivity index (χ4n) is 1.75. The van der Waals surface area contributed by atoms with Crippen LogP contribution in [-0.2, 0) is 10.1 Å². The lowest BCUT2D eigenvalue weighted by atomic mass is 10.3. The number of hydrogen-bond acceptors (Lipinski definition) is 6. The maximum Gasteiger partial charge on any atom is 0.264 e. The molecule has 0 spiro atoms. The fourth-order valence-corrected chi connectivity index (χ4v) is 2.24. The van der Waals surface area contributed by atoms with Crippen LogP contribution in [0.3, 0.4) is 0 Å². The minimum absolute atomic E-state index is 0.0527. The minimum atomic E-state index is -4.01. The molecule has 0 bridgehead atoms. The van der Waals surface area contributed by atoms with Crippen LogP contribution in [0.1, 0.15) is 6.42 Å². The van der Waals surface area contributed by atoms with Crippen molar-refractivity contribution in [2.75, 3.05) is 12.4 Å². The van der Waals surface area contributed by atoms with Crippen molar-refractivity contribution >= 4 is 21.5 Å². The van der Waals surface area contributed by atoms with E-state index >= 15 is 0 Å². The molecule has 0 aliphatic carbocycles. The zero-order valence-electron chi connectivity index (χ0n) is 12.2. The molecule has 0 radical (unpaired) electrons. The van der Waals surface area contributed by atoms with Crippen molar-refractivity contribution < 1.29 is 22.8 Å². The van der Waals surface area contributed by atoms with Gasteiger partial charge in [0.05, 0.1) is 18.0 Å². The molecule has 0 saturated carbocycles. The normalized spacial score (nSPS) is 11.7. The summed E-state index contributed by atoms with van der Waals surface area (Å²) in [6.45, 7) is 0.0527. The molecule has 0 aliphatic heterocycles. The Balaban J connectivity index is 2.09. The number of benzene rings is 2. The Hall–Kier alpha value is -2.45. The smallest absolute Gasteiger partial charge is 0.264 e. The third-order valence-electron chi connectivity index (χ3n) is 2.80. The SMILES string of the molecule is O=S(=O)(O)CCCOc1cccc(O)c1/N=N/c1ccccc1. The Bertz CT molecular complexity index is 776. The van der Waals surface area contributed by atoms with Crippen molar-refractivity contribution in [2.24, 2.45) is 10.2 Å². The highest BCUT2D eigenvalue weighted by molar-refractivity contribution is 7.85. The molecule has 0 fully saturated rings. The predicted molar refractivity (Wildman–Crippen MR) is 85.3 cm³/mol. The molecule has 2 aromatic carbocycles. The molecular formula is C15H16N2O5S. The van der Waals surface area contributed by atoms with Crippen LogP contribution in [0.5, 0.6) is 11.5 Å². The van der Waals surface area contributed by atoms with Gasteiger partial charge in [-0.15, -0.1) is 5.11 Å². The van der Waals surface area contributed by atoms with Crippen molar-refractivity contribution in [1.82, 2.24) is 0 Å². The van der Waals surface area contributed by atoms with E-state index in [1.807, 2.05) is 18.2 Å². The lowest BCUT2D eigenvalue weighted by Crippen LogP contribution is -2.08. The van der Waals surface area contributed by atoms with E-state index < -0.39 is 15.9 Å². The number of phenolic OH excluding ortho intramolecular Hbond substituents is 1. The summed E-state index contributed by atoms with van der Waals surface area (Å²) >= 11 is 0. The third kappa shape index (κ3) is 5.68. The van der Waals surface area contributed by atoms with Gasteiger partial charge in [-0.05, 0) is 30.7 Å². The molecule has 8 heteroatoms. The van der Waals surface area contributed by atoms with Crippen molar-refractivity contribution in [2.45, 2.75) is 6.42 Å². The molecule has 0 aromatic heterocycles. The third-order valence-corrected chi connectivity index (χ3v) is 3.61. The number of nitrogens with zero attached hydrogens (tertiary/aromatic N) is 2. The van der Waals surface area contributed by atoms with Gasteiger partial charge in [0.25, 0.3) is 10.1 Å². The van der Waals surface area contributed by atoms with Crippen molar-refractivity contribution in [3.63, 3.8) is 0 Å². The lowest BCUT2D eigenvalue weighted by Gasteiger charge is -2.08. The van der Waals surface area contributed by atoms with Gasteiger partial charge in [-0.2, -0.15) is 13.5 Å². The van der Waals surface area contributed by atoms with Crippen molar-refractivity contribution in [3.8, 4) is 11.5 Å². The average Bonchev–Trinajstić information content (AvgIpc) is 2.51. The number of azo groups is 1. The summed E-state index contributed by atoms with van der Waals surface area (Å²) in [5, 5.41) is 17.9. The predicted octanol–water partition coefficient (Wildman–Crippen LogP) is 3.46. The molecule has 0 atom stereocenters. The maximum atomic E-state index is 10.6. The van der Waals surface area contributed by atoms with Crippen LogP contribution in [0, 0.1) is 0 Å². The Morgan fingerprint density at radius 1 is 1.00 bits per heavy atom. The van der Waals surface area contributed by atoms with Gasteiger partial charge >= 0.3 is 0 Å². The minimum Gasteiger partial charge on any atom is -0.505 e. The van der Waals surface area contributed by atoms with Gasteiger partial charge in [0.15, 0.2) is 11.4 Å². The number of aromatic hydroxyl groups is 1. The second kappa shape index (κ2) is 7.70. The van der Waals surface area contributed by atoms with Gasteiger partial charge in [-0.3, -0.25) is 4.55 Å². The fraction of sp³-hybridized carbons (Fsp3) is 0.200. The highest BCUT2D eigenvalue weighted by atomic mass is 32.2. The molecule has 2 rings (SSSR count). The summed E-state index contributed by atoms with van der Waals surface area (Å²) in [6, 6.07) is 13.6. The number of ether oxygens (including phenoxy) is 1. The summed E-state index contributed by atoms with van der Waals surface area (Å²) < 4.78 is 35.4. The molecule has 0 amide bonds. The first kappa shape index (κ1) is 16.9. The quantitative estimate of drug-likeness (QED) is 0.457. The Kier molecular flexibility index (Phi) is 5.67. The summed E-state index contributed by atoms with van der Waals surface area (Å²) in [5.74, 6) is -0.218. The van der Waals surface area contributed by atoms with E-state index in [0.29, 0.717) is 5.69 Å². The van der Waals surface area contributed by atoms with Gasteiger partial charge in [0.1, 0.15) is 5.75 Å². The highest BCUT2D eigenvalue weighted by Crippen LogP contribution is 2.37. The first-order chi connectivity index (χ1) is 11.0. The molecule has 122 valence electrons. The highest BCUT2D eigenvalue weighted by Gasteiger charge is 2.10. The number of hydrogen-bond donors (Lipinski definition) is 2. The largest absolute Gasteiger partial charge is 0.505 e. The van der Waals surface area contributed by atoms with E-state index in [4.69, 9.17) is 9.29 Å². The summed E-state index contributed by atoms with van der Waals surface area (Å²) in [5.41, 5.74) is 0.774. The lowest BCUT2D eigenvalue weighted by molar-refractivity contribution is 0.315. The Morgan fingerprint density at radius 3 is 2.43 bits per heavy atom. The van der Waals surface area contributed by atoms with E-state index in [1.54, 1.807) is 24.3 Å². The van der Waals surface area contributed by atoms with Gasteiger partial charge < -0.3 is 9.84 Å². The molecule has 2 N–H and O–H groups in total. The number of rotatable bonds is 7. The van der Waals surface area contributed by atoms with Crippen LogP contribution in [0.4, 0.5) is 11.4 Å². The van der Waals surface area contributed by atoms with Crippen LogP contribution in [0.2, 0.25) is 0 Å². The topological polar surface area (TPSA) is 109 Å². The van der Waals surface area contributed by atoms with Gasteiger partial charge in [0, 0.05) is 0 Å². The van der Waals surface area contributed by atoms with Crippen LogP contribution < -0.4 is 4.74 Å². The standard InChI is InChI=1S/C15H16N2O5S/c18-13-8-4-9-14(22-10-5-11-23(19,20)21)15(13)17-16-12-6-2-1-3-7-12/h1-4,6-9,18H,5,10-11H2,(H,19,20,21)/b17-16+. The van der Waals surface area contributed by atoms with Crippen LogP contribution >= 0.6 is 0 Å². The zero-order valence-corrected chi connectivity index (χ0v) is 13.0. The average molecular weight is 336 g/mol. The summed E-state index contributed by atoms with van der Waals surface area (Å²) in [4.78, 5) is 0. The zero-order chi connectivity index (χ0) is 16.7. The second-order valence-electron chi connectivity index (χ2n) is 4.65. The Morgan fingerprint density at radius 2 is 1.74 bits per heavy atom. The maximum absolute atomic E-state index is 10.6. The van der Waals surface area contributed by atoms with Gasteiger partial charge in [-0.25, -0.2) is 0 Å². The molecule has 0 saturated heterocycles.